The van der Waals surface area contributed by atoms with E-state index >= 15 is 0 Å². The summed E-state index contributed by atoms with van der Waals surface area (Å²) in [5.74, 6) is -0.239. The molecule has 0 radical (unpaired) electrons. The van der Waals surface area contributed by atoms with Gasteiger partial charge in [-0.05, 0) is 74.9 Å². The van der Waals surface area contributed by atoms with Gasteiger partial charge in [0.15, 0.2) is 0 Å². The van der Waals surface area contributed by atoms with Gasteiger partial charge in [-0.3, -0.25) is 9.69 Å². The first-order valence-corrected chi connectivity index (χ1v) is 11.0. The highest BCUT2D eigenvalue weighted by Gasteiger charge is 2.41. The Morgan fingerprint density at radius 2 is 1.69 bits per heavy atom. The maximum Gasteiger partial charge on any atom is 0.243 e. The van der Waals surface area contributed by atoms with Gasteiger partial charge in [0.2, 0.25) is 15.9 Å². The third-order valence-electron chi connectivity index (χ3n) is 6.23. The molecule has 4 rings (SSSR count). The molecule has 1 aromatic rings. The average Bonchev–Trinajstić information content (AvgIpc) is 2.60. The summed E-state index contributed by atoms with van der Waals surface area (Å²) < 4.78 is 27.4. The molecule has 1 amide bonds. The van der Waals surface area contributed by atoms with E-state index in [0.29, 0.717) is 18.0 Å². The molecule has 7 heteroatoms. The summed E-state index contributed by atoms with van der Waals surface area (Å²) in [7, 11) is -3.40. The predicted octanol–water partition coefficient (Wildman–Crippen LogP) is 1.14. The minimum Gasteiger partial charge on any atom is -0.369 e. The fraction of sp³-hybridized carbons (Fsp3) is 0.632. The standard InChI is InChI=1S/C19H27N3O3S/c20-19(23)15-7-9-21(10-8-15)17-12-22(13-17)26(24,25)18-6-5-14-3-1-2-4-16(14)11-18/h5-6,11,15,17H,1-4,7-10,12-13H2,(H2,20,23). The molecule has 0 aromatic heterocycles. The van der Waals surface area contributed by atoms with Crippen LogP contribution in [0.25, 0.3) is 0 Å². The summed E-state index contributed by atoms with van der Waals surface area (Å²) in [4.78, 5) is 14.0. The Labute approximate surface area is 155 Å². The monoisotopic (exact) mass is 377 g/mol. The van der Waals surface area contributed by atoms with E-state index < -0.39 is 10.0 Å². The van der Waals surface area contributed by atoms with E-state index in [-0.39, 0.29) is 17.9 Å². The number of carbonyl (C=O) groups is 1. The molecule has 142 valence electrons. The first-order chi connectivity index (χ1) is 12.4. The van der Waals surface area contributed by atoms with Crippen molar-refractivity contribution in [2.45, 2.75) is 49.5 Å². The van der Waals surface area contributed by atoms with Gasteiger partial charge in [-0.25, -0.2) is 8.42 Å². The number of piperidine rings is 1. The van der Waals surface area contributed by atoms with Gasteiger partial charge < -0.3 is 5.73 Å². The molecule has 0 atom stereocenters. The van der Waals surface area contributed by atoms with Crippen LogP contribution in [-0.2, 0) is 27.7 Å². The molecule has 2 aliphatic heterocycles. The number of hydrogen-bond donors (Lipinski definition) is 1. The summed E-state index contributed by atoms with van der Waals surface area (Å²) in [6.45, 7) is 2.73. The van der Waals surface area contributed by atoms with Gasteiger partial charge in [0.1, 0.15) is 0 Å². The second-order valence-corrected chi connectivity index (χ2v) is 9.76. The Kier molecular flexibility index (Phi) is 4.79. The van der Waals surface area contributed by atoms with Crippen molar-refractivity contribution in [3.8, 4) is 0 Å². The Balaban J connectivity index is 1.38. The van der Waals surface area contributed by atoms with Crippen LogP contribution in [0.4, 0.5) is 0 Å². The number of hydrogen-bond acceptors (Lipinski definition) is 4. The number of sulfonamides is 1. The number of fused-ring (bicyclic) bond motifs is 1. The van der Waals surface area contributed by atoms with Crippen LogP contribution in [0.2, 0.25) is 0 Å². The second kappa shape index (κ2) is 6.94. The smallest absolute Gasteiger partial charge is 0.243 e. The first kappa shape index (κ1) is 17.9. The van der Waals surface area contributed by atoms with Gasteiger partial charge in [0.05, 0.1) is 4.90 Å². The van der Waals surface area contributed by atoms with Crippen LogP contribution in [0.1, 0.15) is 36.8 Å². The molecule has 0 bridgehead atoms. The number of primary amides is 1. The second-order valence-electron chi connectivity index (χ2n) is 7.83. The highest BCUT2D eigenvalue weighted by molar-refractivity contribution is 7.89. The van der Waals surface area contributed by atoms with Crippen molar-refractivity contribution < 1.29 is 13.2 Å². The van der Waals surface area contributed by atoms with E-state index in [1.807, 2.05) is 12.1 Å². The molecule has 1 aliphatic carbocycles. The van der Waals surface area contributed by atoms with E-state index in [0.717, 1.165) is 45.2 Å². The van der Waals surface area contributed by atoms with E-state index in [4.69, 9.17) is 5.73 Å². The number of amides is 1. The quantitative estimate of drug-likeness (QED) is 0.853. The fourth-order valence-corrected chi connectivity index (χ4v) is 5.98. The van der Waals surface area contributed by atoms with E-state index in [9.17, 15) is 13.2 Å². The summed E-state index contributed by atoms with van der Waals surface area (Å²) in [5.41, 5.74) is 7.88. The zero-order chi connectivity index (χ0) is 18.3. The zero-order valence-corrected chi connectivity index (χ0v) is 15.9. The molecule has 2 N–H and O–H groups in total. The maximum absolute atomic E-state index is 12.9. The van der Waals surface area contributed by atoms with Crippen LogP contribution < -0.4 is 5.73 Å². The first-order valence-electron chi connectivity index (χ1n) is 9.60. The molecule has 2 fully saturated rings. The summed E-state index contributed by atoms with van der Waals surface area (Å²) in [6, 6.07) is 5.91. The molecular formula is C19H27N3O3S. The highest BCUT2D eigenvalue weighted by Crippen LogP contribution is 2.30. The largest absolute Gasteiger partial charge is 0.369 e. The maximum atomic E-state index is 12.9. The zero-order valence-electron chi connectivity index (χ0n) is 15.1. The molecule has 3 aliphatic rings. The SMILES string of the molecule is NC(=O)C1CCN(C2CN(S(=O)(=O)c3ccc4c(c3)CCCC4)C2)CC1. The van der Waals surface area contributed by atoms with Crippen molar-refractivity contribution in [1.29, 1.82) is 0 Å². The van der Waals surface area contributed by atoms with Crippen molar-refractivity contribution in [3.05, 3.63) is 29.3 Å². The lowest BCUT2D eigenvalue weighted by Gasteiger charge is -2.46. The minimum absolute atomic E-state index is 0.0262. The number of likely N-dealkylation sites (tertiary alicyclic amines) is 1. The molecule has 26 heavy (non-hydrogen) atoms. The van der Waals surface area contributed by atoms with Crippen molar-refractivity contribution in [2.75, 3.05) is 26.2 Å². The van der Waals surface area contributed by atoms with E-state index in [1.165, 1.54) is 17.5 Å². The van der Waals surface area contributed by atoms with Crippen LogP contribution in [0.15, 0.2) is 23.1 Å². The van der Waals surface area contributed by atoms with Crippen LogP contribution in [-0.4, -0.2) is 55.8 Å². The molecule has 0 saturated carbocycles. The summed E-state index contributed by atoms with van der Waals surface area (Å²) in [6.07, 6.45) is 5.94. The van der Waals surface area contributed by atoms with E-state index in [1.54, 1.807) is 10.4 Å². The average molecular weight is 378 g/mol. The molecule has 0 spiro atoms. The Bertz CT molecular complexity index is 794. The molecule has 1 aromatic carbocycles. The van der Waals surface area contributed by atoms with Crippen LogP contribution in [0.3, 0.4) is 0 Å². The Hall–Kier alpha value is -1.44. The third-order valence-corrected chi connectivity index (χ3v) is 8.06. The van der Waals surface area contributed by atoms with Crippen molar-refractivity contribution in [2.24, 2.45) is 11.7 Å². The number of carbonyl (C=O) groups excluding carboxylic acids is 1. The lowest BCUT2D eigenvalue weighted by Crippen LogP contribution is -2.62. The lowest BCUT2D eigenvalue weighted by molar-refractivity contribution is -0.123. The van der Waals surface area contributed by atoms with Gasteiger partial charge in [-0.15, -0.1) is 0 Å². The van der Waals surface area contributed by atoms with Gasteiger partial charge >= 0.3 is 0 Å². The highest BCUT2D eigenvalue weighted by atomic mass is 32.2. The van der Waals surface area contributed by atoms with Crippen LogP contribution >= 0.6 is 0 Å². The fourth-order valence-electron chi connectivity index (χ4n) is 4.41. The predicted molar refractivity (Wildman–Crippen MR) is 99.1 cm³/mol. The van der Waals surface area contributed by atoms with E-state index in [2.05, 4.69) is 4.90 Å². The molecule has 0 unspecified atom stereocenters. The van der Waals surface area contributed by atoms with Gasteiger partial charge in [0.25, 0.3) is 0 Å². The van der Waals surface area contributed by atoms with Crippen LogP contribution in [0.5, 0.6) is 0 Å². The lowest BCUT2D eigenvalue weighted by atomic mass is 9.92. The molecular weight excluding hydrogens is 350 g/mol. The van der Waals surface area contributed by atoms with Crippen LogP contribution in [0, 0.1) is 5.92 Å². The van der Waals surface area contributed by atoms with Gasteiger partial charge in [-0.1, -0.05) is 6.07 Å². The summed E-state index contributed by atoms with van der Waals surface area (Å²) in [5, 5.41) is 0. The Morgan fingerprint density at radius 3 is 2.35 bits per heavy atom. The molecule has 6 nitrogen and oxygen atoms in total. The minimum atomic E-state index is -3.40. The van der Waals surface area contributed by atoms with Gasteiger partial charge in [0, 0.05) is 25.0 Å². The summed E-state index contributed by atoms with van der Waals surface area (Å²) >= 11 is 0. The van der Waals surface area contributed by atoms with Crippen molar-refractivity contribution in [1.82, 2.24) is 9.21 Å². The number of benzene rings is 1. The molecule has 2 heterocycles. The van der Waals surface area contributed by atoms with Crippen molar-refractivity contribution in [3.63, 3.8) is 0 Å². The third kappa shape index (κ3) is 3.28. The Morgan fingerprint density at radius 1 is 1.04 bits per heavy atom. The number of aryl methyl sites for hydroxylation is 2. The van der Waals surface area contributed by atoms with Crippen molar-refractivity contribution >= 4 is 15.9 Å². The molecule has 2 saturated heterocycles. The number of rotatable bonds is 4. The number of nitrogens with zero attached hydrogens (tertiary/aromatic N) is 2. The normalized spacial score (nSPS) is 23.4. The van der Waals surface area contributed by atoms with Gasteiger partial charge in [-0.2, -0.15) is 4.31 Å². The topological polar surface area (TPSA) is 83.7 Å². The number of nitrogens with two attached hydrogens (primary N) is 1.